The number of fused-ring (bicyclic) bond motifs is 5. The molecule has 4 rings (SSSR count). The number of carbonyl (C=O) groups excluding carboxylic acids is 1. The lowest BCUT2D eigenvalue weighted by Gasteiger charge is -2.58. The minimum atomic E-state index is 0.113. The Kier molecular flexibility index (Phi) is 6.26. The molecule has 168 valence electrons. The number of rotatable bonds is 6. The maximum Gasteiger partial charge on any atom is 0.293 e. The van der Waals surface area contributed by atoms with Gasteiger partial charge in [-0.15, -0.1) is 0 Å². The van der Waals surface area contributed by atoms with Crippen molar-refractivity contribution < 1.29 is 9.53 Å². The lowest BCUT2D eigenvalue weighted by molar-refractivity contribution is -0.136. The van der Waals surface area contributed by atoms with E-state index < -0.39 is 0 Å². The van der Waals surface area contributed by atoms with Gasteiger partial charge in [0.1, 0.15) is 6.10 Å². The molecule has 8 atom stereocenters. The number of allylic oxidation sites excluding steroid dienone is 3. The average molecular weight is 413 g/mol. The van der Waals surface area contributed by atoms with Crippen LogP contribution in [-0.2, 0) is 9.53 Å². The Balaban J connectivity index is 1.51. The molecule has 3 saturated carbocycles. The Morgan fingerprint density at radius 3 is 2.63 bits per heavy atom. The van der Waals surface area contributed by atoms with Crippen LogP contribution in [0.15, 0.2) is 23.8 Å². The van der Waals surface area contributed by atoms with Gasteiger partial charge in [0.25, 0.3) is 6.47 Å². The second kappa shape index (κ2) is 8.47. The van der Waals surface area contributed by atoms with Gasteiger partial charge in [-0.2, -0.15) is 0 Å². The number of hydrogen-bond acceptors (Lipinski definition) is 2. The first kappa shape index (κ1) is 22.2. The third-order valence-corrected chi connectivity index (χ3v) is 10.1. The van der Waals surface area contributed by atoms with Crippen molar-refractivity contribution in [3.05, 3.63) is 23.8 Å². The highest BCUT2D eigenvalue weighted by Crippen LogP contribution is 2.67. The van der Waals surface area contributed by atoms with Crippen molar-refractivity contribution >= 4 is 6.47 Å². The van der Waals surface area contributed by atoms with Crippen molar-refractivity contribution in [2.75, 3.05) is 0 Å². The van der Waals surface area contributed by atoms with Gasteiger partial charge in [-0.3, -0.25) is 4.79 Å². The predicted octanol–water partition coefficient (Wildman–Crippen LogP) is 7.35. The van der Waals surface area contributed by atoms with E-state index in [9.17, 15) is 4.79 Å². The monoisotopic (exact) mass is 412 g/mol. The van der Waals surface area contributed by atoms with Crippen LogP contribution in [0.2, 0.25) is 0 Å². The summed E-state index contributed by atoms with van der Waals surface area (Å²) >= 11 is 0. The molecule has 0 aromatic carbocycles. The molecule has 0 saturated heterocycles. The normalized spacial score (nSPS) is 44.2. The number of carbonyl (C=O) groups is 1. The minimum absolute atomic E-state index is 0.113. The van der Waals surface area contributed by atoms with Gasteiger partial charge >= 0.3 is 0 Å². The topological polar surface area (TPSA) is 26.3 Å². The van der Waals surface area contributed by atoms with Crippen LogP contribution in [0.3, 0.4) is 0 Å². The van der Waals surface area contributed by atoms with Gasteiger partial charge in [-0.25, -0.2) is 0 Å². The highest BCUT2D eigenvalue weighted by molar-refractivity contribution is 5.38. The minimum Gasteiger partial charge on any atom is -0.464 e. The average Bonchev–Trinajstić information content (AvgIpc) is 3.05. The zero-order valence-corrected chi connectivity index (χ0v) is 20.0. The van der Waals surface area contributed by atoms with Crippen molar-refractivity contribution in [1.29, 1.82) is 0 Å². The molecule has 2 nitrogen and oxygen atoms in total. The molecule has 0 amide bonds. The van der Waals surface area contributed by atoms with E-state index in [1.54, 1.807) is 5.57 Å². The van der Waals surface area contributed by atoms with Gasteiger partial charge < -0.3 is 4.74 Å². The summed E-state index contributed by atoms with van der Waals surface area (Å²) in [5.74, 6) is 4.89. The van der Waals surface area contributed by atoms with Crippen LogP contribution in [0.1, 0.15) is 92.4 Å². The Hall–Kier alpha value is -1.05. The van der Waals surface area contributed by atoms with Gasteiger partial charge in [0.2, 0.25) is 0 Å². The lowest BCUT2D eigenvalue weighted by Crippen LogP contribution is -2.50. The maximum absolute atomic E-state index is 10.8. The lowest BCUT2D eigenvalue weighted by atomic mass is 9.47. The van der Waals surface area contributed by atoms with E-state index >= 15 is 0 Å². The third kappa shape index (κ3) is 3.71. The Labute approximate surface area is 184 Å². The molecule has 0 radical (unpaired) electrons. The molecule has 8 unspecified atom stereocenters. The quantitative estimate of drug-likeness (QED) is 0.337. The van der Waals surface area contributed by atoms with Gasteiger partial charge in [-0.1, -0.05) is 58.4 Å². The standard InChI is InChI=1S/C28H44O2/c1-19(2)7-6-8-20(3)24-11-12-25-23-10-9-21-17-22(30-18-29)13-15-27(21,4)26(23)14-16-28(24,25)5/h6,8-9,18-20,22-26H,7,10-17H2,1-5H3. The maximum atomic E-state index is 10.8. The fraction of sp³-hybridized carbons (Fsp3) is 0.821. The molecule has 2 heteroatoms. The molecule has 0 aromatic rings. The van der Waals surface area contributed by atoms with Gasteiger partial charge in [0.05, 0.1) is 0 Å². The van der Waals surface area contributed by atoms with E-state index in [0.29, 0.717) is 23.2 Å². The first-order valence-corrected chi connectivity index (χ1v) is 12.7. The summed E-state index contributed by atoms with van der Waals surface area (Å²) < 4.78 is 5.36. The summed E-state index contributed by atoms with van der Waals surface area (Å²) in [6.07, 6.45) is 19.0. The first-order chi connectivity index (χ1) is 14.3. The van der Waals surface area contributed by atoms with Crippen LogP contribution in [0.5, 0.6) is 0 Å². The molecule has 0 heterocycles. The van der Waals surface area contributed by atoms with E-state index in [2.05, 4.69) is 52.8 Å². The predicted molar refractivity (Wildman–Crippen MR) is 124 cm³/mol. The summed E-state index contributed by atoms with van der Waals surface area (Å²) in [6, 6.07) is 0. The van der Waals surface area contributed by atoms with Crippen LogP contribution in [0.25, 0.3) is 0 Å². The van der Waals surface area contributed by atoms with Crippen LogP contribution in [0, 0.1) is 46.3 Å². The SMILES string of the molecule is CC(C)CC=CC(C)C1CCC2C3CC=C4CC(OC=O)CCC4(C)C3CCC12C. The highest BCUT2D eigenvalue weighted by Gasteiger charge is 2.59. The van der Waals surface area contributed by atoms with Crippen molar-refractivity contribution in [3.8, 4) is 0 Å². The first-order valence-electron chi connectivity index (χ1n) is 12.7. The van der Waals surface area contributed by atoms with Crippen molar-refractivity contribution in [3.63, 3.8) is 0 Å². The smallest absolute Gasteiger partial charge is 0.293 e. The van der Waals surface area contributed by atoms with E-state index in [0.717, 1.165) is 42.4 Å². The Bertz CT molecular complexity index is 691. The van der Waals surface area contributed by atoms with Crippen LogP contribution >= 0.6 is 0 Å². The second-order valence-electron chi connectivity index (χ2n) is 12.0. The van der Waals surface area contributed by atoms with Gasteiger partial charge in [-0.05, 0) is 97.7 Å². The number of ether oxygens (including phenoxy) is 1. The van der Waals surface area contributed by atoms with E-state index in [1.165, 1.54) is 44.9 Å². The van der Waals surface area contributed by atoms with E-state index in [1.807, 2.05) is 0 Å². The molecule has 0 aliphatic heterocycles. The van der Waals surface area contributed by atoms with Crippen LogP contribution in [0.4, 0.5) is 0 Å². The summed E-state index contributed by atoms with van der Waals surface area (Å²) in [5, 5.41) is 0. The number of hydrogen-bond donors (Lipinski definition) is 0. The van der Waals surface area contributed by atoms with E-state index in [-0.39, 0.29) is 6.10 Å². The molecule has 3 fully saturated rings. The van der Waals surface area contributed by atoms with Crippen molar-refractivity contribution in [1.82, 2.24) is 0 Å². The second-order valence-corrected chi connectivity index (χ2v) is 12.0. The molecule has 0 bridgehead atoms. The van der Waals surface area contributed by atoms with Crippen LogP contribution < -0.4 is 0 Å². The molecule has 30 heavy (non-hydrogen) atoms. The van der Waals surface area contributed by atoms with Gasteiger partial charge in [0, 0.05) is 6.42 Å². The molecule has 0 aromatic heterocycles. The fourth-order valence-electron chi connectivity index (χ4n) is 8.43. The third-order valence-electron chi connectivity index (χ3n) is 10.1. The molecule has 4 aliphatic rings. The van der Waals surface area contributed by atoms with Gasteiger partial charge in [0.15, 0.2) is 0 Å². The molecular formula is C28H44O2. The fourth-order valence-corrected chi connectivity index (χ4v) is 8.43. The van der Waals surface area contributed by atoms with E-state index in [4.69, 9.17) is 4.74 Å². The zero-order valence-electron chi connectivity index (χ0n) is 20.0. The molecule has 4 aliphatic carbocycles. The zero-order chi connectivity index (χ0) is 21.5. The Morgan fingerprint density at radius 1 is 1.10 bits per heavy atom. The largest absolute Gasteiger partial charge is 0.464 e. The Morgan fingerprint density at radius 2 is 1.90 bits per heavy atom. The molecule has 0 N–H and O–H groups in total. The summed E-state index contributed by atoms with van der Waals surface area (Å²) in [6.45, 7) is 12.9. The summed E-state index contributed by atoms with van der Waals surface area (Å²) in [7, 11) is 0. The van der Waals surface area contributed by atoms with Crippen molar-refractivity contribution in [2.45, 2.75) is 98.5 Å². The van der Waals surface area contributed by atoms with Crippen LogP contribution in [-0.4, -0.2) is 12.6 Å². The summed E-state index contributed by atoms with van der Waals surface area (Å²) in [4.78, 5) is 10.8. The molecule has 0 spiro atoms. The molecular weight excluding hydrogens is 368 g/mol. The highest BCUT2D eigenvalue weighted by atomic mass is 16.5. The summed E-state index contributed by atoms with van der Waals surface area (Å²) in [5.41, 5.74) is 2.46. The van der Waals surface area contributed by atoms with Crippen molar-refractivity contribution in [2.24, 2.45) is 46.3 Å².